The molecule has 1 heterocycles. The molecule has 0 bridgehead atoms. The Morgan fingerprint density at radius 3 is 2.27 bits per heavy atom. The lowest BCUT2D eigenvalue weighted by atomic mass is 9.87. The molecule has 1 saturated heterocycles. The smallest absolute Gasteiger partial charge is 0.339 e. The molecular weight excluding hydrogens is 152 g/mol. The summed E-state index contributed by atoms with van der Waals surface area (Å²) in [4.78, 5) is 31.5. The van der Waals surface area contributed by atoms with Crippen LogP contribution < -0.4 is 5.84 Å². The van der Waals surface area contributed by atoms with Gasteiger partial charge in [-0.3, -0.25) is 9.59 Å². The second-order valence-corrected chi connectivity index (χ2v) is 2.38. The Balaban J connectivity index is 3.00. The molecule has 1 atom stereocenters. The molecule has 11 heavy (non-hydrogen) atoms. The standard InChI is InChI=1S/C5H6N2O4/c1-5(4(10)11)2(8)3(9)7(5)6/h6H2,1H3,(H,10,11)/t5-/m1/s1. The fourth-order valence-corrected chi connectivity index (χ4v) is 0.777. The predicted octanol–water partition coefficient (Wildman–Crippen LogP) is -1.89. The second-order valence-electron chi connectivity index (χ2n) is 2.38. The number of nitrogens with zero attached hydrogens (tertiary/aromatic N) is 1. The number of ketones is 1. The average molecular weight is 158 g/mol. The predicted molar refractivity (Wildman–Crippen MR) is 32.1 cm³/mol. The van der Waals surface area contributed by atoms with E-state index >= 15 is 0 Å². The van der Waals surface area contributed by atoms with Crippen LogP contribution in [0.1, 0.15) is 6.92 Å². The van der Waals surface area contributed by atoms with Crippen molar-refractivity contribution in [2.45, 2.75) is 12.5 Å². The summed E-state index contributed by atoms with van der Waals surface area (Å²) in [6.07, 6.45) is 0. The lowest BCUT2D eigenvalue weighted by Crippen LogP contribution is -2.76. The molecule has 1 aliphatic rings. The van der Waals surface area contributed by atoms with Crippen molar-refractivity contribution in [3.05, 3.63) is 0 Å². The average Bonchev–Trinajstić information content (AvgIpc) is 1.99. The summed E-state index contributed by atoms with van der Waals surface area (Å²) >= 11 is 0. The molecule has 6 nitrogen and oxygen atoms in total. The highest BCUT2D eigenvalue weighted by Crippen LogP contribution is 2.23. The van der Waals surface area contributed by atoms with E-state index in [0.717, 1.165) is 6.92 Å². The molecular formula is C5H6N2O4. The molecule has 0 aromatic heterocycles. The summed E-state index contributed by atoms with van der Waals surface area (Å²) in [5.41, 5.74) is -1.85. The van der Waals surface area contributed by atoms with Crippen molar-refractivity contribution in [3.63, 3.8) is 0 Å². The highest BCUT2D eigenvalue weighted by molar-refractivity contribution is 6.50. The number of hydrogen-bond donors (Lipinski definition) is 2. The van der Waals surface area contributed by atoms with Gasteiger partial charge in [0.1, 0.15) is 0 Å². The zero-order valence-corrected chi connectivity index (χ0v) is 5.70. The number of carbonyl (C=O) groups is 3. The van der Waals surface area contributed by atoms with Crippen LogP contribution in [0.4, 0.5) is 0 Å². The van der Waals surface area contributed by atoms with E-state index in [2.05, 4.69) is 0 Å². The number of hydrazine groups is 1. The first-order valence-corrected chi connectivity index (χ1v) is 2.79. The molecule has 1 rings (SSSR count). The van der Waals surface area contributed by atoms with E-state index in [1.807, 2.05) is 0 Å². The van der Waals surface area contributed by atoms with Crippen LogP contribution in [-0.2, 0) is 14.4 Å². The summed E-state index contributed by atoms with van der Waals surface area (Å²) in [6.45, 7) is 1.08. The number of hydrogen-bond acceptors (Lipinski definition) is 4. The summed E-state index contributed by atoms with van der Waals surface area (Å²) < 4.78 is 0. The largest absolute Gasteiger partial charge is 0.479 e. The number of carbonyl (C=O) groups excluding carboxylic acids is 2. The van der Waals surface area contributed by atoms with Gasteiger partial charge in [0.2, 0.25) is 5.54 Å². The maximum absolute atomic E-state index is 10.7. The van der Waals surface area contributed by atoms with Crippen LogP contribution in [-0.4, -0.2) is 33.3 Å². The summed E-state index contributed by atoms with van der Waals surface area (Å²) in [6, 6.07) is 0. The van der Waals surface area contributed by atoms with Crippen molar-refractivity contribution >= 4 is 17.7 Å². The first kappa shape index (κ1) is 7.67. The lowest BCUT2D eigenvalue weighted by Gasteiger charge is -2.40. The van der Waals surface area contributed by atoms with Gasteiger partial charge in [0.25, 0.3) is 5.78 Å². The normalized spacial score (nSPS) is 30.2. The van der Waals surface area contributed by atoms with Crippen LogP contribution in [0.2, 0.25) is 0 Å². The fourth-order valence-electron chi connectivity index (χ4n) is 0.777. The third-order valence-electron chi connectivity index (χ3n) is 1.75. The highest BCUT2D eigenvalue weighted by Gasteiger charge is 2.61. The first-order chi connectivity index (χ1) is 4.92. The Hall–Kier alpha value is -1.43. The molecule has 0 spiro atoms. The topological polar surface area (TPSA) is 101 Å². The van der Waals surface area contributed by atoms with Crippen LogP contribution >= 0.6 is 0 Å². The van der Waals surface area contributed by atoms with E-state index in [9.17, 15) is 14.4 Å². The maximum Gasteiger partial charge on any atom is 0.339 e. The molecule has 3 N–H and O–H groups in total. The monoisotopic (exact) mass is 158 g/mol. The van der Waals surface area contributed by atoms with Gasteiger partial charge in [-0.2, -0.15) is 0 Å². The van der Waals surface area contributed by atoms with E-state index in [0.29, 0.717) is 5.01 Å². The van der Waals surface area contributed by atoms with Gasteiger partial charge in [-0.1, -0.05) is 0 Å². The second kappa shape index (κ2) is 1.79. The van der Waals surface area contributed by atoms with E-state index in [4.69, 9.17) is 10.9 Å². The minimum absolute atomic E-state index is 0.414. The SMILES string of the molecule is C[C@]1(C(=O)O)C(=O)C(=O)N1N. The van der Waals surface area contributed by atoms with Crippen LogP contribution in [0.5, 0.6) is 0 Å². The van der Waals surface area contributed by atoms with Crippen LogP contribution in [0.3, 0.4) is 0 Å². The van der Waals surface area contributed by atoms with E-state index in [1.54, 1.807) is 0 Å². The minimum Gasteiger partial charge on any atom is -0.479 e. The van der Waals surface area contributed by atoms with Crippen molar-refractivity contribution in [3.8, 4) is 0 Å². The van der Waals surface area contributed by atoms with Gasteiger partial charge in [-0.05, 0) is 6.92 Å². The number of β-lactam (4-membered cyclic amide) rings is 1. The number of amides is 1. The number of aliphatic carboxylic acids is 1. The highest BCUT2D eigenvalue weighted by atomic mass is 16.4. The molecule has 60 valence electrons. The van der Waals surface area contributed by atoms with Crippen molar-refractivity contribution in [2.24, 2.45) is 5.84 Å². The quantitative estimate of drug-likeness (QED) is 0.153. The van der Waals surface area contributed by atoms with Gasteiger partial charge in [-0.25, -0.2) is 15.6 Å². The van der Waals surface area contributed by atoms with E-state index < -0.39 is 23.2 Å². The van der Waals surface area contributed by atoms with E-state index in [1.165, 1.54) is 0 Å². The number of Topliss-reactive ketones (excluding diaryl/α,β-unsaturated/α-hetero) is 1. The molecule has 1 fully saturated rings. The molecule has 0 aromatic carbocycles. The number of nitrogens with two attached hydrogens (primary N) is 1. The lowest BCUT2D eigenvalue weighted by molar-refractivity contribution is -0.180. The van der Waals surface area contributed by atoms with Gasteiger partial charge in [0, 0.05) is 0 Å². The van der Waals surface area contributed by atoms with Crippen LogP contribution in [0.25, 0.3) is 0 Å². The van der Waals surface area contributed by atoms with Gasteiger partial charge >= 0.3 is 11.9 Å². The third kappa shape index (κ3) is 0.613. The molecule has 0 aromatic rings. The molecule has 0 radical (unpaired) electrons. The van der Waals surface area contributed by atoms with Crippen LogP contribution in [0, 0.1) is 0 Å². The summed E-state index contributed by atoms with van der Waals surface area (Å²) in [7, 11) is 0. The van der Waals surface area contributed by atoms with E-state index in [-0.39, 0.29) is 0 Å². The molecule has 1 amide bonds. The van der Waals surface area contributed by atoms with Crippen molar-refractivity contribution in [2.75, 3.05) is 0 Å². The molecule has 0 saturated carbocycles. The minimum atomic E-state index is -1.85. The van der Waals surface area contributed by atoms with Gasteiger partial charge < -0.3 is 5.11 Å². The van der Waals surface area contributed by atoms with Crippen LogP contribution in [0.15, 0.2) is 0 Å². The summed E-state index contributed by atoms with van der Waals surface area (Å²) in [5, 5.41) is 8.87. The Morgan fingerprint density at radius 2 is 2.09 bits per heavy atom. The molecule has 0 unspecified atom stereocenters. The van der Waals surface area contributed by atoms with Gasteiger partial charge in [0.15, 0.2) is 0 Å². The van der Waals surface area contributed by atoms with Crippen molar-refractivity contribution < 1.29 is 19.5 Å². The number of carboxylic acids is 1. The Bertz CT molecular complexity index is 261. The number of rotatable bonds is 1. The fraction of sp³-hybridized carbons (Fsp3) is 0.400. The zero-order chi connectivity index (χ0) is 8.81. The molecule has 1 aliphatic heterocycles. The van der Waals surface area contributed by atoms with Gasteiger partial charge in [-0.15, -0.1) is 0 Å². The Labute approximate surface area is 61.5 Å². The van der Waals surface area contributed by atoms with Gasteiger partial charge in [0.05, 0.1) is 0 Å². The maximum atomic E-state index is 10.7. The van der Waals surface area contributed by atoms with Crippen molar-refractivity contribution in [1.29, 1.82) is 0 Å². The molecule has 6 heteroatoms. The zero-order valence-electron chi connectivity index (χ0n) is 5.70. The third-order valence-corrected chi connectivity index (χ3v) is 1.75. The Morgan fingerprint density at radius 1 is 1.64 bits per heavy atom. The Kier molecular flexibility index (Phi) is 1.25. The number of carboxylic acid groups (broad SMARTS) is 1. The summed E-state index contributed by atoms with van der Waals surface area (Å²) in [5.74, 6) is 1.62. The first-order valence-electron chi connectivity index (χ1n) is 2.79. The molecule has 0 aliphatic carbocycles. The van der Waals surface area contributed by atoms with Crippen molar-refractivity contribution in [1.82, 2.24) is 5.01 Å².